The second kappa shape index (κ2) is 7.11. The van der Waals surface area contributed by atoms with Gasteiger partial charge in [0.25, 0.3) is 5.91 Å². The summed E-state index contributed by atoms with van der Waals surface area (Å²) in [6, 6.07) is 14.4. The number of rotatable bonds is 4. The summed E-state index contributed by atoms with van der Waals surface area (Å²) in [5.74, 6) is 0.852. The number of aryl methyl sites for hydroxylation is 1. The quantitative estimate of drug-likeness (QED) is 0.768. The maximum Gasteiger partial charge on any atom is 0.339 e. The number of aromatic nitrogens is 2. The van der Waals surface area contributed by atoms with E-state index in [1.807, 2.05) is 30.3 Å². The molecule has 7 nitrogen and oxygen atoms in total. The summed E-state index contributed by atoms with van der Waals surface area (Å²) in [5, 5.41) is 7.06. The average Bonchev–Trinajstić information content (AvgIpc) is 3.31. The number of hydrogen-bond donors (Lipinski definition) is 1. The lowest BCUT2D eigenvalue weighted by Gasteiger charge is -2.16. The number of benzene rings is 1. The number of nitrogens with zero attached hydrogens (tertiary/aromatic N) is 2. The van der Waals surface area contributed by atoms with Crippen LogP contribution < -0.4 is 10.4 Å². The van der Waals surface area contributed by atoms with Gasteiger partial charge in [-0.05, 0) is 13.0 Å². The topological polar surface area (TPSA) is 88.4 Å². The molecule has 1 aliphatic heterocycles. The van der Waals surface area contributed by atoms with Crippen molar-refractivity contribution < 1.29 is 13.9 Å². The smallest absolute Gasteiger partial charge is 0.339 e. The normalized spacial score (nSPS) is 16.5. The minimum absolute atomic E-state index is 0.112. The first kappa shape index (κ1) is 17.1. The molecule has 1 N–H and O–H groups in total. The van der Waals surface area contributed by atoms with E-state index in [0.29, 0.717) is 36.7 Å². The van der Waals surface area contributed by atoms with E-state index < -0.39 is 5.63 Å². The summed E-state index contributed by atoms with van der Waals surface area (Å²) in [5.41, 5.74) is 1.69. The van der Waals surface area contributed by atoms with Gasteiger partial charge in [0.15, 0.2) is 0 Å². The van der Waals surface area contributed by atoms with Gasteiger partial charge >= 0.3 is 5.63 Å². The van der Waals surface area contributed by atoms with Crippen molar-refractivity contribution in [3.8, 4) is 17.0 Å². The van der Waals surface area contributed by atoms with E-state index >= 15 is 0 Å². The van der Waals surface area contributed by atoms with Crippen molar-refractivity contribution in [3.05, 3.63) is 70.4 Å². The fraction of sp³-hybridized carbons (Fsp3) is 0.250. The van der Waals surface area contributed by atoms with Crippen LogP contribution in [-0.2, 0) is 0 Å². The van der Waals surface area contributed by atoms with Crippen LogP contribution >= 0.6 is 0 Å². The molecule has 1 amide bonds. The van der Waals surface area contributed by atoms with Gasteiger partial charge in [-0.1, -0.05) is 30.3 Å². The molecule has 0 aliphatic carbocycles. The van der Waals surface area contributed by atoms with E-state index in [9.17, 15) is 9.59 Å². The first-order chi connectivity index (χ1) is 13.1. The molecule has 1 saturated heterocycles. The molecule has 3 heterocycles. The molecule has 1 fully saturated rings. The van der Waals surface area contributed by atoms with Gasteiger partial charge in [-0.2, -0.15) is 5.10 Å². The van der Waals surface area contributed by atoms with E-state index in [0.717, 1.165) is 11.3 Å². The van der Waals surface area contributed by atoms with Gasteiger partial charge in [-0.25, -0.2) is 4.79 Å². The maximum absolute atomic E-state index is 12.7. The molecule has 7 heteroatoms. The van der Waals surface area contributed by atoms with Crippen molar-refractivity contribution in [2.24, 2.45) is 0 Å². The third-order valence-electron chi connectivity index (χ3n) is 4.48. The zero-order valence-corrected chi connectivity index (χ0v) is 14.8. The third kappa shape index (κ3) is 3.76. The summed E-state index contributed by atoms with van der Waals surface area (Å²) in [6.45, 7) is 2.74. The van der Waals surface area contributed by atoms with Crippen molar-refractivity contribution in [2.45, 2.75) is 19.4 Å². The summed E-state index contributed by atoms with van der Waals surface area (Å²) < 4.78 is 10.8. The predicted octanol–water partition coefficient (Wildman–Crippen LogP) is 2.63. The van der Waals surface area contributed by atoms with Crippen LogP contribution in [0, 0.1) is 6.92 Å². The fourth-order valence-corrected chi connectivity index (χ4v) is 3.20. The van der Waals surface area contributed by atoms with Crippen molar-refractivity contribution in [2.75, 3.05) is 13.1 Å². The maximum atomic E-state index is 12.7. The minimum atomic E-state index is -0.443. The Morgan fingerprint density at radius 3 is 2.85 bits per heavy atom. The highest BCUT2D eigenvalue weighted by Gasteiger charge is 2.29. The molecule has 4 rings (SSSR count). The Morgan fingerprint density at radius 1 is 1.26 bits per heavy atom. The standard InChI is InChI=1S/C20H19N3O4/c1-13-9-16(10-19(24)26-13)27-15-7-8-23(12-15)20(25)18-11-17(21-22-18)14-5-3-2-4-6-14/h2-6,9-11,15H,7-8,12H2,1H3,(H,21,22). The number of likely N-dealkylation sites (tertiary alicyclic amines) is 1. The molecule has 138 valence electrons. The Labute approximate surface area is 155 Å². The highest BCUT2D eigenvalue weighted by atomic mass is 16.5. The lowest BCUT2D eigenvalue weighted by molar-refractivity contribution is 0.0766. The number of H-pyrrole nitrogens is 1. The Morgan fingerprint density at radius 2 is 2.07 bits per heavy atom. The lowest BCUT2D eigenvalue weighted by Crippen LogP contribution is -2.31. The van der Waals surface area contributed by atoms with Crippen LogP contribution in [0.2, 0.25) is 0 Å². The number of nitrogens with one attached hydrogen (secondary N) is 1. The molecule has 0 saturated carbocycles. The van der Waals surface area contributed by atoms with Crippen LogP contribution in [0.4, 0.5) is 0 Å². The van der Waals surface area contributed by atoms with Crippen LogP contribution in [0.1, 0.15) is 22.7 Å². The van der Waals surface area contributed by atoms with Crippen molar-refractivity contribution in [3.63, 3.8) is 0 Å². The summed E-state index contributed by atoms with van der Waals surface area (Å²) in [4.78, 5) is 25.9. The molecule has 0 bridgehead atoms. The number of ether oxygens (including phenoxy) is 1. The zero-order chi connectivity index (χ0) is 18.8. The molecular formula is C20H19N3O4. The van der Waals surface area contributed by atoms with Gasteiger partial charge in [-0.3, -0.25) is 9.89 Å². The van der Waals surface area contributed by atoms with Gasteiger partial charge < -0.3 is 14.1 Å². The van der Waals surface area contributed by atoms with E-state index in [1.54, 1.807) is 24.0 Å². The van der Waals surface area contributed by atoms with E-state index in [1.165, 1.54) is 6.07 Å². The molecule has 1 aromatic carbocycles. The first-order valence-electron chi connectivity index (χ1n) is 8.77. The Kier molecular flexibility index (Phi) is 4.50. The second-order valence-corrected chi connectivity index (χ2v) is 6.54. The summed E-state index contributed by atoms with van der Waals surface area (Å²) in [6.07, 6.45) is 0.539. The Bertz CT molecular complexity index is 1010. The van der Waals surface area contributed by atoms with Gasteiger partial charge in [0.1, 0.15) is 23.3 Å². The van der Waals surface area contributed by atoms with Gasteiger partial charge in [-0.15, -0.1) is 0 Å². The van der Waals surface area contributed by atoms with E-state index in [-0.39, 0.29) is 12.0 Å². The SMILES string of the molecule is Cc1cc(OC2CCN(C(=O)c3cc(-c4ccccc4)n[nH]3)C2)cc(=O)o1. The van der Waals surface area contributed by atoms with Gasteiger partial charge in [0.05, 0.1) is 18.3 Å². The van der Waals surface area contributed by atoms with E-state index in [4.69, 9.17) is 9.15 Å². The Balaban J connectivity index is 1.42. The Hall–Kier alpha value is -3.35. The molecule has 27 heavy (non-hydrogen) atoms. The van der Waals surface area contributed by atoms with E-state index in [2.05, 4.69) is 10.2 Å². The number of amides is 1. The van der Waals surface area contributed by atoms with Crippen LogP contribution in [0.15, 0.2) is 57.7 Å². The molecule has 0 radical (unpaired) electrons. The highest BCUT2D eigenvalue weighted by Crippen LogP contribution is 2.21. The van der Waals surface area contributed by atoms with Crippen LogP contribution in [-0.4, -0.2) is 40.2 Å². The fourth-order valence-electron chi connectivity index (χ4n) is 3.20. The summed E-state index contributed by atoms with van der Waals surface area (Å²) >= 11 is 0. The van der Waals surface area contributed by atoms with Crippen molar-refractivity contribution >= 4 is 5.91 Å². The predicted molar refractivity (Wildman–Crippen MR) is 98.7 cm³/mol. The monoisotopic (exact) mass is 365 g/mol. The van der Waals surface area contributed by atoms with Gasteiger partial charge in [0, 0.05) is 24.6 Å². The van der Waals surface area contributed by atoms with Gasteiger partial charge in [0.2, 0.25) is 0 Å². The molecule has 3 aromatic rings. The largest absolute Gasteiger partial charge is 0.488 e. The van der Waals surface area contributed by atoms with Crippen molar-refractivity contribution in [1.82, 2.24) is 15.1 Å². The number of aromatic amines is 1. The molecule has 1 aliphatic rings. The first-order valence-corrected chi connectivity index (χ1v) is 8.77. The van der Waals surface area contributed by atoms with Crippen LogP contribution in [0.5, 0.6) is 5.75 Å². The molecule has 2 aromatic heterocycles. The molecule has 0 spiro atoms. The molecular weight excluding hydrogens is 346 g/mol. The zero-order valence-electron chi connectivity index (χ0n) is 14.8. The second-order valence-electron chi connectivity index (χ2n) is 6.54. The highest BCUT2D eigenvalue weighted by molar-refractivity contribution is 5.93. The third-order valence-corrected chi connectivity index (χ3v) is 4.48. The average molecular weight is 365 g/mol. The molecule has 1 unspecified atom stereocenters. The van der Waals surface area contributed by atoms with Crippen LogP contribution in [0.25, 0.3) is 11.3 Å². The summed E-state index contributed by atoms with van der Waals surface area (Å²) in [7, 11) is 0. The number of carbonyl (C=O) groups excluding carboxylic acids is 1. The number of hydrogen-bond acceptors (Lipinski definition) is 5. The van der Waals surface area contributed by atoms with Crippen molar-refractivity contribution in [1.29, 1.82) is 0 Å². The minimum Gasteiger partial charge on any atom is -0.488 e. The number of carbonyl (C=O) groups is 1. The van der Waals surface area contributed by atoms with Crippen LogP contribution in [0.3, 0.4) is 0 Å². The lowest BCUT2D eigenvalue weighted by atomic mass is 10.1. The molecule has 1 atom stereocenters.